The first-order valence-electron chi connectivity index (χ1n) is 4.96. The monoisotopic (exact) mass is 240 g/mol. The van der Waals surface area contributed by atoms with Crippen LogP contribution in [0.1, 0.15) is 25.3 Å². The van der Waals surface area contributed by atoms with E-state index in [1.54, 1.807) is 0 Å². The van der Waals surface area contributed by atoms with E-state index in [4.69, 9.17) is 0 Å². The molecule has 0 nitrogen and oxygen atoms in total. The van der Waals surface area contributed by atoms with Crippen molar-refractivity contribution in [2.24, 2.45) is 5.92 Å². The Morgan fingerprint density at radius 3 is 2.46 bits per heavy atom. The summed E-state index contributed by atoms with van der Waals surface area (Å²) < 4.78 is 0. The predicted molar refractivity (Wildman–Crippen MR) is 62.3 cm³/mol. The van der Waals surface area contributed by atoms with Gasteiger partial charge in [-0.15, -0.1) is 0 Å². The van der Waals surface area contributed by atoms with E-state index in [0.29, 0.717) is 0 Å². The van der Waals surface area contributed by atoms with Crippen LogP contribution in [0.4, 0.5) is 0 Å². The Bertz CT molecular complexity index is 218. The number of benzene rings is 1. The lowest BCUT2D eigenvalue weighted by molar-refractivity contribution is 0.534. The fourth-order valence-electron chi connectivity index (χ4n) is 1.59. The quantitative estimate of drug-likeness (QED) is 0.682. The van der Waals surface area contributed by atoms with E-state index in [0.717, 1.165) is 11.2 Å². The molecule has 0 bridgehead atoms. The van der Waals surface area contributed by atoms with Crippen molar-refractivity contribution < 1.29 is 0 Å². The molecule has 1 heteroatoms. The zero-order chi connectivity index (χ0) is 9.52. The molecule has 72 valence electrons. The molecule has 13 heavy (non-hydrogen) atoms. The molecule has 0 radical (unpaired) electrons. The third-order valence-corrected chi connectivity index (χ3v) is 3.20. The van der Waals surface area contributed by atoms with E-state index in [-0.39, 0.29) is 0 Å². The molecule has 0 spiro atoms. The zero-order valence-corrected chi connectivity index (χ0v) is 9.76. The Kier molecular flexibility index (Phi) is 5.14. The first-order chi connectivity index (χ1) is 6.36. The molecule has 1 aromatic rings. The van der Waals surface area contributed by atoms with Crippen LogP contribution in [0.25, 0.3) is 0 Å². The molecule has 1 unspecified atom stereocenters. The first-order valence-corrected chi connectivity index (χ1v) is 6.08. The lowest BCUT2D eigenvalue weighted by Crippen LogP contribution is -2.05. The maximum absolute atomic E-state index is 3.57. The summed E-state index contributed by atoms with van der Waals surface area (Å²) in [5.74, 6) is 0.799. The maximum Gasteiger partial charge on any atom is 0.00628 e. The second kappa shape index (κ2) is 6.20. The van der Waals surface area contributed by atoms with Crippen LogP contribution >= 0.6 is 15.9 Å². The molecular weight excluding hydrogens is 224 g/mol. The minimum Gasteiger partial charge on any atom is -0.0925 e. The van der Waals surface area contributed by atoms with E-state index in [1.165, 1.54) is 24.8 Å². The molecular formula is C12H17Br. The standard InChI is InChI=1S/C12H17Br/c1-2-6-12(10-13)9-11-7-4-3-5-8-11/h3-5,7-8,12H,2,6,9-10H2,1H3. The van der Waals surface area contributed by atoms with Crippen molar-refractivity contribution in [3.63, 3.8) is 0 Å². The minimum absolute atomic E-state index is 0.799. The lowest BCUT2D eigenvalue weighted by Gasteiger charge is -2.12. The highest BCUT2D eigenvalue weighted by Gasteiger charge is 2.06. The average Bonchev–Trinajstić information content (AvgIpc) is 2.19. The highest BCUT2D eigenvalue weighted by Crippen LogP contribution is 2.15. The van der Waals surface area contributed by atoms with Crippen molar-refractivity contribution >= 4 is 15.9 Å². The van der Waals surface area contributed by atoms with Crippen LogP contribution in [0, 0.1) is 5.92 Å². The van der Waals surface area contributed by atoms with E-state index < -0.39 is 0 Å². The Morgan fingerprint density at radius 1 is 1.23 bits per heavy atom. The van der Waals surface area contributed by atoms with Gasteiger partial charge in [0, 0.05) is 5.33 Å². The summed E-state index contributed by atoms with van der Waals surface area (Å²) in [7, 11) is 0. The zero-order valence-electron chi connectivity index (χ0n) is 8.17. The molecule has 0 heterocycles. The van der Waals surface area contributed by atoms with E-state index in [1.807, 2.05) is 0 Å². The SMILES string of the molecule is CCCC(CBr)Cc1ccccc1. The summed E-state index contributed by atoms with van der Waals surface area (Å²) in [4.78, 5) is 0. The highest BCUT2D eigenvalue weighted by molar-refractivity contribution is 9.09. The van der Waals surface area contributed by atoms with Gasteiger partial charge in [-0.1, -0.05) is 59.6 Å². The third-order valence-electron chi connectivity index (χ3n) is 2.28. The number of halogens is 1. The first kappa shape index (κ1) is 10.8. The summed E-state index contributed by atoms with van der Waals surface area (Å²) >= 11 is 3.57. The summed E-state index contributed by atoms with van der Waals surface area (Å²) in [6, 6.07) is 10.7. The highest BCUT2D eigenvalue weighted by atomic mass is 79.9. The van der Waals surface area contributed by atoms with Crippen molar-refractivity contribution in [2.75, 3.05) is 5.33 Å². The number of rotatable bonds is 5. The van der Waals surface area contributed by atoms with Gasteiger partial charge < -0.3 is 0 Å². The summed E-state index contributed by atoms with van der Waals surface area (Å²) in [5, 5.41) is 1.12. The van der Waals surface area contributed by atoms with Gasteiger partial charge in [-0.05, 0) is 24.3 Å². The van der Waals surface area contributed by atoms with Gasteiger partial charge in [0.15, 0.2) is 0 Å². The molecule has 0 aliphatic carbocycles. The molecule has 0 aliphatic heterocycles. The second-order valence-electron chi connectivity index (χ2n) is 3.50. The second-order valence-corrected chi connectivity index (χ2v) is 4.15. The number of hydrogen-bond acceptors (Lipinski definition) is 0. The van der Waals surface area contributed by atoms with Crippen molar-refractivity contribution in [1.29, 1.82) is 0 Å². The van der Waals surface area contributed by atoms with Crippen molar-refractivity contribution in [2.45, 2.75) is 26.2 Å². The third kappa shape index (κ3) is 3.95. The van der Waals surface area contributed by atoms with Gasteiger partial charge in [-0.3, -0.25) is 0 Å². The minimum atomic E-state index is 0.799. The Labute approximate surface area is 89.5 Å². The predicted octanol–water partition coefficient (Wildman–Crippen LogP) is 4.04. The molecule has 0 aliphatic rings. The van der Waals surface area contributed by atoms with E-state index in [2.05, 4.69) is 53.2 Å². The van der Waals surface area contributed by atoms with Crippen LogP contribution in [0.5, 0.6) is 0 Å². The van der Waals surface area contributed by atoms with Gasteiger partial charge in [-0.2, -0.15) is 0 Å². The van der Waals surface area contributed by atoms with Gasteiger partial charge >= 0.3 is 0 Å². The molecule has 0 saturated carbocycles. The van der Waals surface area contributed by atoms with E-state index in [9.17, 15) is 0 Å². The Hall–Kier alpha value is -0.300. The Balaban J connectivity index is 2.46. The van der Waals surface area contributed by atoms with Crippen LogP contribution in [-0.2, 0) is 6.42 Å². The fraction of sp³-hybridized carbons (Fsp3) is 0.500. The Morgan fingerprint density at radius 2 is 1.92 bits per heavy atom. The lowest BCUT2D eigenvalue weighted by atomic mass is 9.97. The van der Waals surface area contributed by atoms with Crippen LogP contribution in [0.15, 0.2) is 30.3 Å². The normalized spacial score (nSPS) is 12.8. The van der Waals surface area contributed by atoms with Crippen LogP contribution < -0.4 is 0 Å². The van der Waals surface area contributed by atoms with Crippen LogP contribution in [-0.4, -0.2) is 5.33 Å². The van der Waals surface area contributed by atoms with Gasteiger partial charge in [0.25, 0.3) is 0 Å². The summed E-state index contributed by atoms with van der Waals surface area (Å²) in [5.41, 5.74) is 1.46. The van der Waals surface area contributed by atoms with Crippen molar-refractivity contribution in [3.8, 4) is 0 Å². The van der Waals surface area contributed by atoms with Crippen molar-refractivity contribution in [1.82, 2.24) is 0 Å². The molecule has 1 rings (SSSR count). The van der Waals surface area contributed by atoms with E-state index >= 15 is 0 Å². The van der Waals surface area contributed by atoms with Gasteiger partial charge in [-0.25, -0.2) is 0 Å². The average molecular weight is 241 g/mol. The van der Waals surface area contributed by atoms with Crippen molar-refractivity contribution in [3.05, 3.63) is 35.9 Å². The fourth-order valence-corrected chi connectivity index (χ4v) is 2.14. The van der Waals surface area contributed by atoms with Crippen LogP contribution in [0.3, 0.4) is 0 Å². The molecule has 0 saturated heterocycles. The van der Waals surface area contributed by atoms with Gasteiger partial charge in [0.2, 0.25) is 0 Å². The molecule has 0 fully saturated rings. The smallest absolute Gasteiger partial charge is 0.00628 e. The van der Waals surface area contributed by atoms with Crippen LogP contribution in [0.2, 0.25) is 0 Å². The molecule has 1 aromatic carbocycles. The number of alkyl halides is 1. The molecule has 1 atom stereocenters. The molecule has 0 N–H and O–H groups in total. The molecule has 0 aromatic heterocycles. The summed E-state index contributed by atoms with van der Waals surface area (Å²) in [6.45, 7) is 2.25. The van der Waals surface area contributed by atoms with Gasteiger partial charge in [0.1, 0.15) is 0 Å². The maximum atomic E-state index is 3.57. The van der Waals surface area contributed by atoms with Gasteiger partial charge in [0.05, 0.1) is 0 Å². The molecule has 0 amide bonds. The topological polar surface area (TPSA) is 0 Å². The number of hydrogen-bond donors (Lipinski definition) is 0. The largest absolute Gasteiger partial charge is 0.0925 e. The summed E-state index contributed by atoms with van der Waals surface area (Å²) in [6.07, 6.45) is 3.81.